The van der Waals surface area contributed by atoms with Gasteiger partial charge < -0.3 is 24.8 Å². The SMILES string of the molecule is CCN(CCCc1cn(Cc2ncc(C)c(OC)c2C)c2nc(N)nc(Cl)c12)CCN(C)c1ccccn1. The van der Waals surface area contributed by atoms with Crippen LogP contribution in [-0.4, -0.2) is 69.7 Å². The molecule has 0 aliphatic rings. The van der Waals surface area contributed by atoms with Gasteiger partial charge in [0.15, 0.2) is 0 Å². The largest absolute Gasteiger partial charge is 0.496 e. The summed E-state index contributed by atoms with van der Waals surface area (Å²) in [5, 5.41) is 1.24. The lowest BCUT2D eigenvalue weighted by Crippen LogP contribution is -2.34. The van der Waals surface area contributed by atoms with Crippen LogP contribution in [0.5, 0.6) is 5.75 Å². The molecule has 0 amide bonds. The predicted octanol–water partition coefficient (Wildman–Crippen LogP) is 4.52. The molecule has 10 heteroatoms. The van der Waals surface area contributed by atoms with Crippen LogP contribution in [0.3, 0.4) is 0 Å². The highest BCUT2D eigenvalue weighted by molar-refractivity contribution is 6.34. The molecule has 0 spiro atoms. The third kappa shape index (κ3) is 6.16. The van der Waals surface area contributed by atoms with Crippen molar-refractivity contribution in [3.05, 3.63) is 64.3 Å². The second-order valence-corrected chi connectivity index (χ2v) is 9.90. The molecule has 2 N–H and O–H groups in total. The normalized spacial score (nSPS) is 11.4. The van der Waals surface area contributed by atoms with Gasteiger partial charge in [0.1, 0.15) is 22.4 Å². The summed E-state index contributed by atoms with van der Waals surface area (Å²) in [7, 11) is 3.77. The van der Waals surface area contributed by atoms with Crippen molar-refractivity contribution in [1.82, 2.24) is 29.4 Å². The molecule has 0 unspecified atom stereocenters. The molecular weight excluding hydrogens is 500 g/mol. The Hall–Kier alpha value is -3.43. The first-order chi connectivity index (χ1) is 18.3. The van der Waals surface area contributed by atoms with Crippen LogP contribution in [0.4, 0.5) is 11.8 Å². The number of methoxy groups -OCH3 is 1. The van der Waals surface area contributed by atoms with Gasteiger partial charge in [0.2, 0.25) is 5.95 Å². The van der Waals surface area contributed by atoms with E-state index in [1.165, 1.54) is 0 Å². The molecule has 9 nitrogen and oxygen atoms in total. The van der Waals surface area contributed by atoms with Gasteiger partial charge in [-0.3, -0.25) is 4.98 Å². The summed E-state index contributed by atoms with van der Waals surface area (Å²) in [5.74, 6) is 2.00. The number of pyridine rings is 2. The Balaban J connectivity index is 1.48. The van der Waals surface area contributed by atoms with Crippen molar-refractivity contribution in [3.63, 3.8) is 0 Å². The van der Waals surface area contributed by atoms with E-state index < -0.39 is 0 Å². The van der Waals surface area contributed by atoms with Gasteiger partial charge in [0, 0.05) is 49.9 Å². The molecule has 0 atom stereocenters. The van der Waals surface area contributed by atoms with Gasteiger partial charge in [-0.25, -0.2) is 9.97 Å². The highest BCUT2D eigenvalue weighted by Crippen LogP contribution is 2.30. The third-order valence-corrected chi connectivity index (χ3v) is 7.27. The molecule has 38 heavy (non-hydrogen) atoms. The number of ether oxygens (including phenoxy) is 1. The molecular formula is C28H37ClN8O. The van der Waals surface area contributed by atoms with Crippen molar-refractivity contribution in [2.24, 2.45) is 0 Å². The Morgan fingerprint density at radius 2 is 1.92 bits per heavy atom. The van der Waals surface area contributed by atoms with Gasteiger partial charge in [0.25, 0.3) is 0 Å². The number of fused-ring (bicyclic) bond motifs is 1. The molecule has 4 heterocycles. The van der Waals surface area contributed by atoms with Crippen LogP contribution in [-0.2, 0) is 13.0 Å². The average molecular weight is 537 g/mol. The summed E-state index contributed by atoms with van der Waals surface area (Å²) in [6, 6.07) is 5.99. The molecule has 202 valence electrons. The van der Waals surface area contributed by atoms with Crippen LogP contribution in [0.15, 0.2) is 36.8 Å². The standard InChI is InChI=1S/C28H37ClN8O/c1-6-36(15-14-35(4)23-11-7-8-12-31-23)13-9-10-21-17-37(27-24(21)26(29)33-28(30)34-27)18-22-20(3)25(38-5)19(2)16-32-22/h7-8,11-12,16-17H,6,9-10,13-15,18H2,1-5H3,(H2,30,33,34). The van der Waals surface area contributed by atoms with E-state index in [1.54, 1.807) is 7.11 Å². The Kier molecular flexibility index (Phi) is 9.01. The quantitative estimate of drug-likeness (QED) is 0.264. The molecule has 0 radical (unpaired) electrons. The number of hydrogen-bond donors (Lipinski definition) is 1. The Bertz CT molecular complexity index is 1370. The third-order valence-electron chi connectivity index (χ3n) is 7.00. The summed E-state index contributed by atoms with van der Waals surface area (Å²) >= 11 is 6.59. The van der Waals surface area contributed by atoms with Crippen LogP contribution < -0.4 is 15.4 Å². The van der Waals surface area contributed by atoms with E-state index in [0.29, 0.717) is 11.7 Å². The second-order valence-electron chi connectivity index (χ2n) is 9.55. The monoisotopic (exact) mass is 536 g/mol. The zero-order valence-electron chi connectivity index (χ0n) is 22.9. The lowest BCUT2D eigenvalue weighted by atomic mass is 10.1. The van der Waals surface area contributed by atoms with Crippen LogP contribution in [0.1, 0.15) is 35.7 Å². The first-order valence-electron chi connectivity index (χ1n) is 13.0. The fourth-order valence-electron chi connectivity index (χ4n) is 4.84. The molecule has 0 fully saturated rings. The maximum atomic E-state index is 6.59. The van der Waals surface area contributed by atoms with E-state index in [9.17, 15) is 0 Å². The van der Waals surface area contributed by atoms with E-state index >= 15 is 0 Å². The summed E-state index contributed by atoms with van der Waals surface area (Å²) in [6.45, 7) is 10.6. The van der Waals surface area contributed by atoms with Crippen LogP contribution >= 0.6 is 11.6 Å². The Morgan fingerprint density at radius 1 is 1.11 bits per heavy atom. The summed E-state index contributed by atoms with van der Waals surface area (Å²) in [4.78, 5) is 22.5. The number of nitrogens with zero attached hydrogens (tertiary/aromatic N) is 7. The number of halogens is 1. The zero-order valence-corrected chi connectivity index (χ0v) is 23.7. The number of rotatable bonds is 12. The molecule has 4 aromatic rings. The average Bonchev–Trinajstić information content (AvgIpc) is 3.25. The fraction of sp³-hybridized carbons (Fsp3) is 0.429. The Morgan fingerprint density at radius 3 is 2.63 bits per heavy atom. The van der Waals surface area contributed by atoms with Gasteiger partial charge in [0.05, 0.1) is 24.7 Å². The zero-order chi connectivity index (χ0) is 27.2. The van der Waals surface area contributed by atoms with Gasteiger partial charge in [-0.2, -0.15) is 4.98 Å². The fourth-order valence-corrected chi connectivity index (χ4v) is 5.14. The summed E-state index contributed by atoms with van der Waals surface area (Å²) in [5.41, 5.74) is 10.8. The lowest BCUT2D eigenvalue weighted by Gasteiger charge is -2.25. The molecule has 0 aromatic carbocycles. The van der Waals surface area contributed by atoms with E-state index in [0.717, 1.165) is 84.0 Å². The van der Waals surface area contributed by atoms with E-state index in [2.05, 4.69) is 54.5 Å². The molecule has 4 rings (SSSR count). The van der Waals surface area contributed by atoms with Crippen LogP contribution in [0.25, 0.3) is 11.0 Å². The van der Waals surface area contributed by atoms with Gasteiger partial charge in [-0.15, -0.1) is 0 Å². The van der Waals surface area contributed by atoms with Crippen molar-refractivity contribution < 1.29 is 4.74 Å². The van der Waals surface area contributed by atoms with Crippen LogP contribution in [0, 0.1) is 13.8 Å². The van der Waals surface area contributed by atoms with Gasteiger partial charge in [-0.05, 0) is 57.5 Å². The number of aromatic nitrogens is 5. The minimum atomic E-state index is 0.161. The van der Waals surface area contributed by atoms with Crippen molar-refractivity contribution in [3.8, 4) is 5.75 Å². The highest BCUT2D eigenvalue weighted by Gasteiger charge is 2.18. The summed E-state index contributed by atoms with van der Waals surface area (Å²) in [6.07, 6.45) is 7.62. The van der Waals surface area contributed by atoms with Crippen molar-refractivity contribution in [2.45, 2.75) is 40.2 Å². The second kappa shape index (κ2) is 12.4. The maximum Gasteiger partial charge on any atom is 0.223 e. The minimum absolute atomic E-state index is 0.161. The molecule has 0 saturated carbocycles. The smallest absolute Gasteiger partial charge is 0.223 e. The van der Waals surface area contributed by atoms with Crippen molar-refractivity contribution in [1.29, 1.82) is 0 Å². The molecule has 0 aliphatic heterocycles. The van der Waals surface area contributed by atoms with Crippen LogP contribution in [0.2, 0.25) is 5.15 Å². The van der Waals surface area contributed by atoms with Crippen molar-refractivity contribution in [2.75, 3.05) is 51.0 Å². The summed E-state index contributed by atoms with van der Waals surface area (Å²) < 4.78 is 7.67. The van der Waals surface area contributed by atoms with Gasteiger partial charge >= 0.3 is 0 Å². The Labute approximate surface area is 229 Å². The van der Waals surface area contributed by atoms with E-state index in [-0.39, 0.29) is 5.95 Å². The van der Waals surface area contributed by atoms with Crippen molar-refractivity contribution >= 4 is 34.4 Å². The number of aryl methyl sites for hydroxylation is 2. The van der Waals surface area contributed by atoms with E-state index in [4.69, 9.17) is 22.1 Å². The van der Waals surface area contributed by atoms with Gasteiger partial charge in [-0.1, -0.05) is 24.6 Å². The molecule has 0 aliphatic carbocycles. The first kappa shape index (κ1) is 27.6. The molecule has 0 bridgehead atoms. The number of anilines is 2. The molecule has 0 saturated heterocycles. The minimum Gasteiger partial charge on any atom is -0.496 e. The number of likely N-dealkylation sites (N-methyl/N-ethyl adjacent to an activating group) is 2. The number of nitrogen functional groups attached to an aromatic ring is 1. The lowest BCUT2D eigenvalue weighted by molar-refractivity contribution is 0.291. The number of hydrogen-bond acceptors (Lipinski definition) is 8. The first-order valence-corrected chi connectivity index (χ1v) is 13.3. The highest BCUT2D eigenvalue weighted by atomic mass is 35.5. The number of nitrogens with two attached hydrogens (primary N) is 1. The maximum absolute atomic E-state index is 6.59. The van der Waals surface area contributed by atoms with E-state index in [1.807, 2.05) is 44.4 Å². The molecule has 4 aromatic heterocycles. The predicted molar refractivity (Wildman–Crippen MR) is 154 cm³/mol. The topological polar surface area (TPSA) is 98.2 Å².